The molecule has 10 nitrogen and oxygen atoms in total. The van der Waals surface area contributed by atoms with Crippen molar-refractivity contribution in [2.75, 3.05) is 51.0 Å². The fourth-order valence-electron chi connectivity index (χ4n) is 7.15. The van der Waals surface area contributed by atoms with Gasteiger partial charge in [-0.25, -0.2) is 9.37 Å². The Balaban J connectivity index is 1.31. The van der Waals surface area contributed by atoms with Crippen molar-refractivity contribution in [3.8, 4) is 23.1 Å². The van der Waals surface area contributed by atoms with Crippen molar-refractivity contribution in [1.29, 1.82) is 0 Å². The van der Waals surface area contributed by atoms with E-state index in [4.69, 9.17) is 29.2 Å². The molecule has 3 saturated heterocycles. The maximum Gasteiger partial charge on any atom is 0.319 e. The number of hydrogen-bond acceptors (Lipinski definition) is 9. The molecule has 11 heteroatoms. The maximum absolute atomic E-state index is 16.8. The van der Waals surface area contributed by atoms with Gasteiger partial charge >= 0.3 is 6.01 Å². The predicted molar refractivity (Wildman–Crippen MR) is 152 cm³/mol. The zero-order chi connectivity index (χ0) is 27.7. The number of fused-ring (bicyclic) bond motifs is 4. The smallest absolute Gasteiger partial charge is 0.319 e. The first-order valence-corrected chi connectivity index (χ1v) is 14.4. The Kier molecular flexibility index (Phi) is 5.68. The molecule has 0 aliphatic carbocycles. The highest BCUT2D eigenvalue weighted by molar-refractivity contribution is 6.01. The summed E-state index contributed by atoms with van der Waals surface area (Å²) >= 11 is 0. The minimum atomic E-state index is -0.530. The van der Waals surface area contributed by atoms with Crippen molar-refractivity contribution in [3.05, 3.63) is 41.9 Å². The number of ether oxygens (including phenoxy) is 3. The molecular formula is C30H32FN7O3. The molecule has 4 aliphatic rings. The summed E-state index contributed by atoms with van der Waals surface area (Å²) in [5.41, 5.74) is 3.77. The quantitative estimate of drug-likeness (QED) is 0.371. The van der Waals surface area contributed by atoms with Crippen LogP contribution in [0.25, 0.3) is 33.1 Å². The van der Waals surface area contributed by atoms with E-state index in [2.05, 4.69) is 26.6 Å². The van der Waals surface area contributed by atoms with Crippen LogP contribution >= 0.6 is 0 Å². The lowest BCUT2D eigenvalue weighted by atomic mass is 9.94. The summed E-state index contributed by atoms with van der Waals surface area (Å²) in [4.78, 5) is 19.0. The van der Waals surface area contributed by atoms with E-state index in [0.29, 0.717) is 55.6 Å². The van der Waals surface area contributed by atoms with E-state index < -0.39 is 5.82 Å². The number of aromatic amines is 1. The second kappa shape index (κ2) is 9.35. The summed E-state index contributed by atoms with van der Waals surface area (Å²) in [5.74, 6) is 0.372. The van der Waals surface area contributed by atoms with Crippen molar-refractivity contribution in [2.45, 2.75) is 44.2 Å². The molecule has 8 rings (SSSR count). The summed E-state index contributed by atoms with van der Waals surface area (Å²) in [6.45, 7) is 10.7. The number of hydrogen-bond donors (Lipinski definition) is 1. The summed E-state index contributed by atoms with van der Waals surface area (Å²) in [6, 6.07) is 3.94. The molecule has 1 aromatic carbocycles. The van der Waals surface area contributed by atoms with Crippen molar-refractivity contribution in [2.24, 2.45) is 0 Å². The number of nitrogens with one attached hydrogen (secondary N) is 1. The summed E-state index contributed by atoms with van der Waals surface area (Å²) < 4.78 is 35.3. The first-order valence-electron chi connectivity index (χ1n) is 14.4. The number of pyridine rings is 1. The highest BCUT2D eigenvalue weighted by atomic mass is 19.1. The topological polar surface area (TPSA) is 102 Å². The Labute approximate surface area is 236 Å². The molecule has 0 amide bonds. The van der Waals surface area contributed by atoms with Crippen LogP contribution in [0.3, 0.4) is 0 Å². The van der Waals surface area contributed by atoms with Crippen LogP contribution in [0.15, 0.2) is 30.5 Å². The molecule has 7 heterocycles. The van der Waals surface area contributed by atoms with Crippen LogP contribution in [0.1, 0.15) is 31.2 Å². The van der Waals surface area contributed by atoms with Gasteiger partial charge in [0.2, 0.25) is 5.88 Å². The standard InChI is InChI=1S/C30H32FN7O3/c1-17-11-30(7-3-8-37(30)13-17)16-41-29-34-26-23-27(35-29)38-9-4-10-39-14-19(38)15-40-28(23)33-25(24(26)31)22-18(2)5-6-21-20(22)12-32-36-21/h5-6,12,19H,1,3-4,7-11,13-16H2,2H3,(H,32,36)/t19-,30-/m0/s1. The number of anilines is 1. The molecule has 3 aromatic heterocycles. The molecule has 0 saturated carbocycles. The molecule has 4 aromatic rings. The third-order valence-electron chi connectivity index (χ3n) is 9.11. The molecular weight excluding hydrogens is 525 g/mol. The molecule has 2 atom stereocenters. The molecule has 1 N–H and O–H groups in total. The summed E-state index contributed by atoms with van der Waals surface area (Å²) in [5, 5.41) is 8.41. The largest absolute Gasteiger partial charge is 0.475 e. The Morgan fingerprint density at radius 3 is 3.05 bits per heavy atom. The molecule has 0 spiro atoms. The lowest BCUT2D eigenvalue weighted by molar-refractivity contribution is 0.108. The normalized spacial score (nSPS) is 24.3. The Bertz CT molecular complexity index is 1710. The van der Waals surface area contributed by atoms with E-state index >= 15 is 4.39 Å². The van der Waals surface area contributed by atoms with Gasteiger partial charge in [-0.2, -0.15) is 15.1 Å². The number of aryl methyl sites for hydroxylation is 1. The Morgan fingerprint density at radius 2 is 2.12 bits per heavy atom. The summed E-state index contributed by atoms with van der Waals surface area (Å²) in [7, 11) is 0. The summed E-state index contributed by atoms with van der Waals surface area (Å²) in [6.07, 6.45) is 5.58. The lowest BCUT2D eigenvalue weighted by Gasteiger charge is -2.31. The third kappa shape index (κ3) is 3.89. The van der Waals surface area contributed by atoms with Crippen LogP contribution in [0.2, 0.25) is 0 Å². The van der Waals surface area contributed by atoms with Crippen LogP contribution in [0, 0.1) is 12.7 Å². The van der Waals surface area contributed by atoms with E-state index in [0.717, 1.165) is 55.2 Å². The highest BCUT2D eigenvalue weighted by Crippen LogP contribution is 2.44. The molecule has 0 radical (unpaired) electrons. The van der Waals surface area contributed by atoms with Gasteiger partial charge in [-0.3, -0.25) is 10.00 Å². The fraction of sp³-hybridized carbons (Fsp3) is 0.467. The molecule has 0 unspecified atom stereocenters. The minimum Gasteiger partial charge on any atom is -0.475 e. The average Bonchev–Trinajstić information content (AvgIpc) is 3.58. The Hall–Kier alpha value is -3.83. The van der Waals surface area contributed by atoms with Crippen molar-refractivity contribution in [3.63, 3.8) is 0 Å². The number of H-pyrrole nitrogens is 1. The van der Waals surface area contributed by atoms with E-state index in [9.17, 15) is 0 Å². The average molecular weight is 558 g/mol. The van der Waals surface area contributed by atoms with Gasteiger partial charge in [-0.05, 0) is 50.8 Å². The number of benzene rings is 1. The van der Waals surface area contributed by atoms with E-state index in [1.54, 1.807) is 6.20 Å². The first-order chi connectivity index (χ1) is 20.0. The van der Waals surface area contributed by atoms with Crippen LogP contribution in [0.5, 0.6) is 11.9 Å². The molecule has 4 aliphatic heterocycles. The number of aromatic nitrogens is 5. The monoisotopic (exact) mass is 557 g/mol. The second-order valence-electron chi connectivity index (χ2n) is 11.8. The van der Waals surface area contributed by atoms with Crippen molar-refractivity contribution < 1.29 is 18.6 Å². The van der Waals surface area contributed by atoms with Gasteiger partial charge in [-0.15, -0.1) is 0 Å². The van der Waals surface area contributed by atoms with Gasteiger partial charge in [0.1, 0.15) is 35.6 Å². The number of nitrogens with zero attached hydrogens (tertiary/aromatic N) is 6. The van der Waals surface area contributed by atoms with Crippen LogP contribution in [-0.4, -0.2) is 87.7 Å². The van der Waals surface area contributed by atoms with Gasteiger partial charge in [-0.1, -0.05) is 18.2 Å². The van der Waals surface area contributed by atoms with E-state index in [1.165, 1.54) is 5.57 Å². The fourth-order valence-corrected chi connectivity index (χ4v) is 7.15. The van der Waals surface area contributed by atoms with Gasteiger partial charge in [0.05, 0.1) is 29.9 Å². The van der Waals surface area contributed by atoms with Crippen molar-refractivity contribution >= 4 is 27.6 Å². The van der Waals surface area contributed by atoms with Gasteiger partial charge in [0.15, 0.2) is 5.82 Å². The minimum absolute atomic E-state index is 0.0923. The predicted octanol–water partition coefficient (Wildman–Crippen LogP) is 4.18. The number of halogens is 1. The SMILES string of the molecule is C=C1CN2CCC[C@@]2(COc2nc3c4c(nc(-c5c(C)ccc6[nH]ncc56)c(F)c4n2)OC[C@@H]2COCCCN32)C1. The molecule has 212 valence electrons. The zero-order valence-electron chi connectivity index (χ0n) is 23.1. The van der Waals surface area contributed by atoms with Crippen LogP contribution in [0.4, 0.5) is 10.2 Å². The molecule has 3 fully saturated rings. The molecule has 41 heavy (non-hydrogen) atoms. The Morgan fingerprint density at radius 1 is 1.20 bits per heavy atom. The third-order valence-corrected chi connectivity index (χ3v) is 9.11. The van der Waals surface area contributed by atoms with Gasteiger partial charge in [0.25, 0.3) is 0 Å². The highest BCUT2D eigenvalue weighted by Gasteiger charge is 2.46. The van der Waals surface area contributed by atoms with Crippen molar-refractivity contribution in [1.82, 2.24) is 30.0 Å². The van der Waals surface area contributed by atoms with Crippen LogP contribution in [-0.2, 0) is 4.74 Å². The van der Waals surface area contributed by atoms with E-state index in [1.807, 2.05) is 19.1 Å². The van der Waals surface area contributed by atoms with E-state index in [-0.39, 0.29) is 28.8 Å². The second-order valence-corrected chi connectivity index (χ2v) is 11.8. The first kappa shape index (κ1) is 24.9. The zero-order valence-corrected chi connectivity index (χ0v) is 23.1. The van der Waals surface area contributed by atoms with Crippen LogP contribution < -0.4 is 14.4 Å². The van der Waals surface area contributed by atoms with Gasteiger partial charge in [0, 0.05) is 30.6 Å². The lowest BCUT2D eigenvalue weighted by Crippen LogP contribution is -2.43. The van der Waals surface area contributed by atoms with Gasteiger partial charge < -0.3 is 19.1 Å². The molecule has 0 bridgehead atoms. The number of rotatable bonds is 4. The maximum atomic E-state index is 16.8.